The van der Waals surface area contributed by atoms with Crippen LogP contribution in [0.5, 0.6) is 5.75 Å². The van der Waals surface area contributed by atoms with E-state index in [1.165, 1.54) is 0 Å². The summed E-state index contributed by atoms with van der Waals surface area (Å²) in [6.07, 6.45) is -1.15. The molecule has 0 amide bonds. The molecule has 0 fully saturated rings. The Morgan fingerprint density at radius 1 is 0.892 bits per heavy atom. The summed E-state index contributed by atoms with van der Waals surface area (Å²) < 4.78 is 24.9. The van der Waals surface area contributed by atoms with Gasteiger partial charge in [-0.1, -0.05) is 77.1 Å². The molecule has 2 aromatic carbocycles. The van der Waals surface area contributed by atoms with Crippen molar-refractivity contribution in [1.82, 2.24) is 0 Å². The maximum Gasteiger partial charge on any atom is 0.192 e. The van der Waals surface area contributed by atoms with E-state index in [2.05, 4.69) is 33.9 Å². The van der Waals surface area contributed by atoms with E-state index < -0.39 is 32.0 Å². The summed E-state index contributed by atoms with van der Waals surface area (Å²) in [7, 11) is -0.454. The van der Waals surface area contributed by atoms with E-state index in [1.54, 1.807) is 7.11 Å². The van der Waals surface area contributed by atoms with Crippen molar-refractivity contribution < 1.29 is 28.5 Å². The van der Waals surface area contributed by atoms with Gasteiger partial charge in [-0.25, -0.2) is 0 Å². The SMILES string of the molecule is COc1ccc(CO[C@@H]([C@H](CO[Si](C)(C)C(C)(C)C)OCc2ccccc2)C(C)(C)[C@@H](O)CC=O)cc1. The van der Waals surface area contributed by atoms with Crippen molar-refractivity contribution >= 4 is 14.6 Å². The highest BCUT2D eigenvalue weighted by atomic mass is 28.4. The molecular formula is C30H46O6Si. The Labute approximate surface area is 224 Å². The second-order valence-electron chi connectivity index (χ2n) is 11.7. The first kappa shape index (κ1) is 31.2. The predicted octanol–water partition coefficient (Wildman–Crippen LogP) is 6.16. The number of aliphatic hydroxyl groups is 1. The summed E-state index contributed by atoms with van der Waals surface area (Å²) in [4.78, 5) is 11.3. The van der Waals surface area contributed by atoms with Gasteiger partial charge in [0.15, 0.2) is 8.32 Å². The van der Waals surface area contributed by atoms with Crippen molar-refractivity contribution in [2.24, 2.45) is 5.41 Å². The topological polar surface area (TPSA) is 74.2 Å². The van der Waals surface area contributed by atoms with Crippen LogP contribution in [-0.2, 0) is 31.9 Å². The fourth-order valence-electron chi connectivity index (χ4n) is 3.80. The average Bonchev–Trinajstić information content (AvgIpc) is 2.85. The molecule has 1 N–H and O–H groups in total. The van der Waals surface area contributed by atoms with Gasteiger partial charge in [0.2, 0.25) is 0 Å². The third kappa shape index (κ3) is 9.04. The maximum absolute atomic E-state index is 11.3. The lowest BCUT2D eigenvalue weighted by molar-refractivity contribution is -0.170. The van der Waals surface area contributed by atoms with Gasteiger partial charge < -0.3 is 28.5 Å². The largest absolute Gasteiger partial charge is 0.497 e. The van der Waals surface area contributed by atoms with Crippen LogP contribution in [0.3, 0.4) is 0 Å². The molecule has 0 saturated carbocycles. The lowest BCUT2D eigenvalue weighted by Crippen LogP contribution is -2.52. The third-order valence-corrected chi connectivity index (χ3v) is 12.1. The fraction of sp³-hybridized carbons (Fsp3) is 0.567. The molecule has 0 radical (unpaired) electrons. The van der Waals surface area contributed by atoms with Crippen LogP contribution in [0.25, 0.3) is 0 Å². The summed E-state index contributed by atoms with van der Waals surface area (Å²) in [6.45, 7) is 15.9. The number of ether oxygens (including phenoxy) is 3. The highest BCUT2D eigenvalue weighted by Gasteiger charge is 2.44. The first-order chi connectivity index (χ1) is 17.3. The lowest BCUT2D eigenvalue weighted by Gasteiger charge is -2.43. The standard InChI is InChI=1S/C30H46O6Si/c1-29(2,3)37(7,8)36-22-26(34-20-23-12-10-9-11-13-23)28(30(4,5)27(32)18-19-31)35-21-24-14-16-25(33-6)17-15-24/h9-17,19,26-28,32H,18,20-22H2,1-8H3/t26-,27-,28-/m0/s1. The van der Waals surface area contributed by atoms with Crippen LogP contribution in [-0.4, -0.2) is 51.7 Å². The number of hydrogen-bond acceptors (Lipinski definition) is 6. The van der Waals surface area contributed by atoms with Crippen LogP contribution in [0.2, 0.25) is 18.1 Å². The summed E-state index contributed by atoms with van der Waals surface area (Å²) in [5.41, 5.74) is 1.23. The van der Waals surface area contributed by atoms with Crippen molar-refractivity contribution in [3.05, 3.63) is 65.7 Å². The van der Waals surface area contributed by atoms with Gasteiger partial charge in [-0.3, -0.25) is 0 Å². The van der Waals surface area contributed by atoms with Gasteiger partial charge in [0.05, 0.1) is 39.1 Å². The highest BCUT2D eigenvalue weighted by Crippen LogP contribution is 2.38. The Kier molecular flexibility index (Phi) is 11.5. The van der Waals surface area contributed by atoms with Crippen LogP contribution in [0.1, 0.15) is 52.2 Å². The molecule has 0 aliphatic rings. The molecule has 0 aliphatic heterocycles. The Balaban J connectivity index is 2.37. The predicted molar refractivity (Wildman–Crippen MR) is 150 cm³/mol. The van der Waals surface area contributed by atoms with Crippen molar-refractivity contribution in [2.75, 3.05) is 13.7 Å². The van der Waals surface area contributed by atoms with Crippen molar-refractivity contribution in [2.45, 2.75) is 90.7 Å². The molecule has 0 aliphatic carbocycles. The monoisotopic (exact) mass is 530 g/mol. The Morgan fingerprint density at radius 3 is 2.00 bits per heavy atom. The number of carbonyl (C=O) groups excluding carboxylic acids is 1. The lowest BCUT2D eigenvalue weighted by atomic mass is 9.77. The van der Waals surface area contributed by atoms with Gasteiger partial charge in [0, 0.05) is 11.8 Å². The van der Waals surface area contributed by atoms with Gasteiger partial charge in [-0.05, 0) is 41.4 Å². The Hall–Kier alpha value is -2.03. The maximum atomic E-state index is 11.3. The molecule has 0 spiro atoms. The average molecular weight is 531 g/mol. The molecule has 0 heterocycles. The van der Waals surface area contributed by atoms with E-state index >= 15 is 0 Å². The van der Waals surface area contributed by atoms with E-state index in [-0.39, 0.29) is 11.5 Å². The van der Waals surface area contributed by atoms with Crippen LogP contribution >= 0.6 is 0 Å². The molecule has 0 aromatic heterocycles. The van der Waals surface area contributed by atoms with Crippen LogP contribution in [0.4, 0.5) is 0 Å². The Bertz CT molecular complexity index is 937. The molecule has 2 aromatic rings. The first-order valence-corrected chi connectivity index (χ1v) is 15.9. The third-order valence-electron chi connectivity index (χ3n) is 7.56. The summed E-state index contributed by atoms with van der Waals surface area (Å²) >= 11 is 0. The van der Waals surface area contributed by atoms with Gasteiger partial charge in [0.25, 0.3) is 0 Å². The molecule has 0 unspecified atom stereocenters. The second kappa shape index (κ2) is 13.7. The zero-order valence-electron chi connectivity index (χ0n) is 23.8. The van der Waals surface area contributed by atoms with Gasteiger partial charge in [-0.2, -0.15) is 0 Å². The van der Waals surface area contributed by atoms with Gasteiger partial charge >= 0.3 is 0 Å². The number of aliphatic hydroxyl groups excluding tert-OH is 1. The molecule has 0 bridgehead atoms. The number of benzene rings is 2. The minimum Gasteiger partial charge on any atom is -0.497 e. The highest BCUT2D eigenvalue weighted by molar-refractivity contribution is 6.74. The summed E-state index contributed by atoms with van der Waals surface area (Å²) in [5, 5.41) is 11.0. The van der Waals surface area contributed by atoms with Crippen LogP contribution in [0.15, 0.2) is 54.6 Å². The zero-order valence-corrected chi connectivity index (χ0v) is 24.8. The number of hydrogen-bond donors (Lipinski definition) is 1. The van der Waals surface area contributed by atoms with E-state index in [0.29, 0.717) is 19.8 Å². The van der Waals surface area contributed by atoms with Gasteiger partial charge in [0.1, 0.15) is 18.1 Å². The number of carbonyl (C=O) groups is 1. The van der Waals surface area contributed by atoms with Crippen molar-refractivity contribution in [1.29, 1.82) is 0 Å². The molecular weight excluding hydrogens is 484 g/mol. The van der Waals surface area contributed by atoms with Gasteiger partial charge in [-0.15, -0.1) is 0 Å². The van der Waals surface area contributed by atoms with E-state index in [9.17, 15) is 9.90 Å². The van der Waals surface area contributed by atoms with E-state index in [4.69, 9.17) is 18.6 Å². The van der Waals surface area contributed by atoms with E-state index in [1.807, 2.05) is 68.4 Å². The normalized spacial score (nSPS) is 15.2. The zero-order chi connectivity index (χ0) is 27.7. The molecule has 6 nitrogen and oxygen atoms in total. The minimum atomic E-state index is -2.09. The molecule has 206 valence electrons. The summed E-state index contributed by atoms with van der Waals surface area (Å²) in [5.74, 6) is 0.772. The fourth-order valence-corrected chi connectivity index (χ4v) is 4.81. The summed E-state index contributed by atoms with van der Waals surface area (Å²) in [6, 6.07) is 17.7. The smallest absolute Gasteiger partial charge is 0.192 e. The van der Waals surface area contributed by atoms with Crippen LogP contribution < -0.4 is 4.74 Å². The molecule has 0 saturated heterocycles. The van der Waals surface area contributed by atoms with Crippen molar-refractivity contribution in [3.8, 4) is 5.75 Å². The number of methoxy groups -OCH3 is 1. The molecule has 2 rings (SSSR count). The number of aldehydes is 1. The quantitative estimate of drug-likeness (QED) is 0.219. The first-order valence-electron chi connectivity index (χ1n) is 13.0. The number of rotatable bonds is 15. The second-order valence-corrected chi connectivity index (χ2v) is 16.5. The molecule has 7 heteroatoms. The minimum absolute atomic E-state index is 0.0178. The Morgan fingerprint density at radius 2 is 1.46 bits per heavy atom. The molecule has 3 atom stereocenters. The van der Waals surface area contributed by atoms with Crippen LogP contribution in [0, 0.1) is 5.41 Å². The molecule has 37 heavy (non-hydrogen) atoms. The van der Waals surface area contributed by atoms with Crippen molar-refractivity contribution in [3.63, 3.8) is 0 Å². The van der Waals surface area contributed by atoms with E-state index in [0.717, 1.165) is 23.2 Å².